The molecule has 0 spiro atoms. The third kappa shape index (κ3) is 1.95. The summed E-state index contributed by atoms with van der Waals surface area (Å²) in [7, 11) is 0. The van der Waals surface area contributed by atoms with Crippen molar-refractivity contribution in [3.8, 4) is 17.6 Å². The van der Waals surface area contributed by atoms with Crippen LogP contribution in [-0.2, 0) is 0 Å². The first-order valence-electron chi connectivity index (χ1n) is 6.01. The molecule has 3 aromatic rings. The highest BCUT2D eigenvalue weighted by molar-refractivity contribution is 5.80. The number of aryl methyl sites for hydroxylation is 2. The lowest BCUT2D eigenvalue weighted by Gasteiger charge is -1.97. The Labute approximate surface area is 110 Å². The lowest BCUT2D eigenvalue weighted by molar-refractivity contribution is 1.23. The summed E-state index contributed by atoms with van der Waals surface area (Å²) in [6.45, 7) is 4.15. The van der Waals surface area contributed by atoms with Crippen molar-refractivity contribution >= 4 is 11.0 Å². The zero-order valence-electron chi connectivity index (χ0n) is 10.7. The molecule has 3 rings (SSSR count). The van der Waals surface area contributed by atoms with Crippen molar-refractivity contribution < 1.29 is 0 Å². The standard InChI is InChI=1S/C15H12N4/c1-9-5-13-14(6-10(9)2)19-15(18-13)12-4-3-11(7-16)8-17-12/h3-6,8H,1-2H3,(H,18,19). The summed E-state index contributed by atoms with van der Waals surface area (Å²) in [5, 5.41) is 8.76. The van der Waals surface area contributed by atoms with Crippen molar-refractivity contribution in [2.45, 2.75) is 13.8 Å². The first-order chi connectivity index (χ1) is 9.17. The van der Waals surface area contributed by atoms with Crippen LogP contribution in [0.15, 0.2) is 30.5 Å². The first-order valence-corrected chi connectivity index (χ1v) is 6.01. The van der Waals surface area contributed by atoms with Crippen molar-refractivity contribution in [3.63, 3.8) is 0 Å². The Morgan fingerprint density at radius 3 is 2.63 bits per heavy atom. The van der Waals surface area contributed by atoms with E-state index in [4.69, 9.17) is 5.26 Å². The number of rotatable bonds is 1. The summed E-state index contributed by atoms with van der Waals surface area (Å²) in [6.07, 6.45) is 1.55. The summed E-state index contributed by atoms with van der Waals surface area (Å²) < 4.78 is 0. The van der Waals surface area contributed by atoms with Crippen LogP contribution in [0.25, 0.3) is 22.6 Å². The van der Waals surface area contributed by atoms with Gasteiger partial charge in [0.25, 0.3) is 0 Å². The normalized spacial score (nSPS) is 10.6. The van der Waals surface area contributed by atoms with Gasteiger partial charge in [-0.25, -0.2) is 4.98 Å². The molecule has 0 fully saturated rings. The minimum absolute atomic E-state index is 0.548. The number of hydrogen-bond donors (Lipinski definition) is 1. The molecule has 0 radical (unpaired) electrons. The van der Waals surface area contributed by atoms with Crippen LogP contribution >= 0.6 is 0 Å². The molecule has 0 aliphatic heterocycles. The SMILES string of the molecule is Cc1cc2nc(-c3ccc(C#N)cn3)[nH]c2cc1C. The van der Waals surface area contributed by atoms with Crippen molar-refractivity contribution in [1.29, 1.82) is 5.26 Å². The number of fused-ring (bicyclic) bond motifs is 1. The molecule has 1 aromatic carbocycles. The molecule has 0 aliphatic carbocycles. The Balaban J connectivity index is 2.12. The zero-order chi connectivity index (χ0) is 13.4. The van der Waals surface area contributed by atoms with Gasteiger partial charge in [0.15, 0.2) is 5.82 Å². The van der Waals surface area contributed by atoms with Gasteiger partial charge in [-0.05, 0) is 49.2 Å². The Morgan fingerprint density at radius 1 is 1.16 bits per heavy atom. The van der Waals surface area contributed by atoms with Gasteiger partial charge >= 0.3 is 0 Å². The average molecular weight is 248 g/mol. The maximum absolute atomic E-state index is 8.76. The Morgan fingerprint density at radius 2 is 1.95 bits per heavy atom. The van der Waals surface area contributed by atoms with Gasteiger partial charge in [0.1, 0.15) is 11.8 Å². The molecule has 92 valence electrons. The Hall–Kier alpha value is -2.67. The minimum Gasteiger partial charge on any atom is -0.337 e. The third-order valence-electron chi connectivity index (χ3n) is 3.23. The van der Waals surface area contributed by atoms with E-state index in [0.717, 1.165) is 22.6 Å². The van der Waals surface area contributed by atoms with E-state index >= 15 is 0 Å². The summed E-state index contributed by atoms with van der Waals surface area (Å²) in [4.78, 5) is 12.0. The molecule has 0 aliphatic rings. The minimum atomic E-state index is 0.548. The molecular weight excluding hydrogens is 236 g/mol. The molecule has 1 N–H and O–H groups in total. The van der Waals surface area contributed by atoms with E-state index in [2.05, 4.69) is 47.0 Å². The molecule has 4 nitrogen and oxygen atoms in total. The first kappa shape index (κ1) is 11.4. The van der Waals surface area contributed by atoms with Gasteiger partial charge < -0.3 is 4.98 Å². The number of benzene rings is 1. The predicted molar refractivity (Wildman–Crippen MR) is 73.5 cm³/mol. The lowest BCUT2D eigenvalue weighted by Crippen LogP contribution is -1.86. The number of nitriles is 1. The van der Waals surface area contributed by atoms with Crippen LogP contribution in [0.1, 0.15) is 16.7 Å². The predicted octanol–water partition coefficient (Wildman–Crippen LogP) is 3.11. The fraction of sp³-hybridized carbons (Fsp3) is 0.133. The van der Waals surface area contributed by atoms with Crippen molar-refractivity contribution in [3.05, 3.63) is 47.2 Å². The van der Waals surface area contributed by atoms with Gasteiger partial charge in [0.05, 0.1) is 16.6 Å². The summed E-state index contributed by atoms with van der Waals surface area (Å²) >= 11 is 0. The molecule has 2 aromatic heterocycles. The summed E-state index contributed by atoms with van der Waals surface area (Å²) in [5.41, 5.74) is 5.68. The van der Waals surface area contributed by atoms with Crippen LogP contribution in [0.4, 0.5) is 0 Å². The van der Waals surface area contributed by atoms with E-state index in [1.807, 2.05) is 0 Å². The molecule has 0 bridgehead atoms. The number of pyridine rings is 1. The molecular formula is C15H12N4. The number of nitrogens with zero attached hydrogens (tertiary/aromatic N) is 3. The average Bonchev–Trinajstić information content (AvgIpc) is 2.82. The van der Waals surface area contributed by atoms with Crippen molar-refractivity contribution in [2.75, 3.05) is 0 Å². The number of hydrogen-bond acceptors (Lipinski definition) is 3. The van der Waals surface area contributed by atoms with Gasteiger partial charge in [-0.2, -0.15) is 5.26 Å². The van der Waals surface area contributed by atoms with Gasteiger partial charge in [-0.15, -0.1) is 0 Å². The molecule has 4 heteroatoms. The Kier molecular flexibility index (Phi) is 2.53. The molecule has 0 atom stereocenters. The van der Waals surface area contributed by atoms with E-state index in [-0.39, 0.29) is 0 Å². The van der Waals surface area contributed by atoms with Crippen molar-refractivity contribution in [1.82, 2.24) is 15.0 Å². The highest BCUT2D eigenvalue weighted by Crippen LogP contribution is 2.21. The second-order valence-electron chi connectivity index (χ2n) is 4.58. The quantitative estimate of drug-likeness (QED) is 0.719. The van der Waals surface area contributed by atoms with Crippen LogP contribution in [0.2, 0.25) is 0 Å². The van der Waals surface area contributed by atoms with E-state index in [0.29, 0.717) is 5.56 Å². The number of aromatic amines is 1. The second-order valence-corrected chi connectivity index (χ2v) is 4.58. The van der Waals surface area contributed by atoms with Gasteiger partial charge in [-0.3, -0.25) is 4.98 Å². The van der Waals surface area contributed by atoms with E-state index in [9.17, 15) is 0 Å². The maximum atomic E-state index is 8.76. The number of imidazole rings is 1. The highest BCUT2D eigenvalue weighted by Gasteiger charge is 2.07. The van der Waals surface area contributed by atoms with Gasteiger partial charge in [0.2, 0.25) is 0 Å². The topological polar surface area (TPSA) is 65.4 Å². The smallest absolute Gasteiger partial charge is 0.157 e. The Bertz CT molecular complexity index is 752. The van der Waals surface area contributed by atoms with Crippen LogP contribution in [0.5, 0.6) is 0 Å². The van der Waals surface area contributed by atoms with Crippen LogP contribution < -0.4 is 0 Å². The molecule has 19 heavy (non-hydrogen) atoms. The van der Waals surface area contributed by atoms with Crippen LogP contribution in [-0.4, -0.2) is 15.0 Å². The summed E-state index contributed by atoms with van der Waals surface area (Å²) in [5.74, 6) is 0.726. The van der Waals surface area contributed by atoms with E-state index < -0.39 is 0 Å². The van der Waals surface area contributed by atoms with Gasteiger partial charge in [-0.1, -0.05) is 0 Å². The lowest BCUT2D eigenvalue weighted by atomic mass is 10.1. The van der Waals surface area contributed by atoms with E-state index in [1.54, 1.807) is 18.3 Å². The number of H-pyrrole nitrogens is 1. The molecule has 0 unspecified atom stereocenters. The van der Waals surface area contributed by atoms with Gasteiger partial charge in [0, 0.05) is 6.20 Å². The van der Waals surface area contributed by atoms with Crippen molar-refractivity contribution in [2.24, 2.45) is 0 Å². The fourth-order valence-corrected chi connectivity index (χ4v) is 1.99. The van der Waals surface area contributed by atoms with E-state index in [1.165, 1.54) is 11.1 Å². The largest absolute Gasteiger partial charge is 0.337 e. The molecule has 0 amide bonds. The number of aromatic nitrogens is 3. The second kappa shape index (κ2) is 4.21. The zero-order valence-corrected chi connectivity index (χ0v) is 10.7. The summed E-state index contributed by atoms with van der Waals surface area (Å²) in [6, 6.07) is 9.75. The highest BCUT2D eigenvalue weighted by atomic mass is 14.9. The number of nitrogens with one attached hydrogen (secondary N) is 1. The fourth-order valence-electron chi connectivity index (χ4n) is 1.99. The van der Waals surface area contributed by atoms with Crippen LogP contribution in [0, 0.1) is 25.2 Å². The molecule has 0 saturated heterocycles. The maximum Gasteiger partial charge on any atom is 0.157 e. The van der Waals surface area contributed by atoms with Crippen LogP contribution in [0.3, 0.4) is 0 Å². The molecule has 2 heterocycles. The monoisotopic (exact) mass is 248 g/mol. The molecule has 0 saturated carbocycles. The third-order valence-corrected chi connectivity index (χ3v) is 3.23.